The summed E-state index contributed by atoms with van der Waals surface area (Å²) in [7, 11) is 1.61. The summed E-state index contributed by atoms with van der Waals surface area (Å²) in [5.41, 5.74) is 4.22. The third-order valence-corrected chi connectivity index (χ3v) is 5.75. The van der Waals surface area contributed by atoms with Crippen molar-refractivity contribution in [3.8, 4) is 11.5 Å². The van der Waals surface area contributed by atoms with Gasteiger partial charge in [-0.15, -0.1) is 0 Å². The second-order valence-electron chi connectivity index (χ2n) is 7.92. The van der Waals surface area contributed by atoms with E-state index in [9.17, 15) is 4.79 Å². The molecule has 2 heterocycles. The fourth-order valence-corrected chi connectivity index (χ4v) is 4.05. The number of aromatic amines is 1. The molecule has 0 bridgehead atoms. The molecule has 1 saturated heterocycles. The van der Waals surface area contributed by atoms with Crippen molar-refractivity contribution in [2.24, 2.45) is 0 Å². The number of amides is 1. The van der Waals surface area contributed by atoms with Gasteiger partial charge in [0.2, 0.25) is 5.91 Å². The van der Waals surface area contributed by atoms with Gasteiger partial charge in [0.1, 0.15) is 5.82 Å². The number of hydrogen-bond donors (Lipinski definition) is 1. The molecule has 1 fully saturated rings. The molecule has 0 saturated carbocycles. The molecule has 2 aromatic carbocycles. The molecule has 1 aliphatic rings. The largest absolute Gasteiger partial charge is 0.493 e. The van der Waals surface area contributed by atoms with E-state index < -0.39 is 0 Å². The zero-order valence-electron chi connectivity index (χ0n) is 18.4. The summed E-state index contributed by atoms with van der Waals surface area (Å²) in [6, 6.07) is 11.9. The maximum absolute atomic E-state index is 12.7. The Morgan fingerprint density at radius 2 is 2.00 bits per heavy atom. The number of H-pyrrole nitrogens is 1. The first-order chi connectivity index (χ1) is 15.1. The zero-order valence-corrected chi connectivity index (χ0v) is 18.4. The van der Waals surface area contributed by atoms with Crippen LogP contribution in [0.15, 0.2) is 42.5 Å². The van der Waals surface area contributed by atoms with Crippen LogP contribution in [-0.2, 0) is 4.79 Å². The SMILES string of the molecule is CCOc1ccc(/C=C/C(=O)N2CCC(c3nc4ccc(C)cc4[nH]3)CC2)cc1OC. The van der Waals surface area contributed by atoms with E-state index >= 15 is 0 Å². The average Bonchev–Trinajstić information content (AvgIpc) is 3.21. The molecule has 0 spiro atoms. The number of nitrogens with zero attached hydrogens (tertiary/aromatic N) is 2. The van der Waals surface area contributed by atoms with Gasteiger partial charge in [0, 0.05) is 25.1 Å². The monoisotopic (exact) mass is 419 g/mol. The summed E-state index contributed by atoms with van der Waals surface area (Å²) >= 11 is 0. The first-order valence-electron chi connectivity index (χ1n) is 10.8. The summed E-state index contributed by atoms with van der Waals surface area (Å²) in [6.45, 7) is 6.06. The van der Waals surface area contributed by atoms with Crippen LogP contribution in [0.5, 0.6) is 11.5 Å². The minimum Gasteiger partial charge on any atom is -0.493 e. The summed E-state index contributed by atoms with van der Waals surface area (Å²) in [5.74, 6) is 2.79. The third kappa shape index (κ3) is 4.74. The van der Waals surface area contributed by atoms with Crippen molar-refractivity contribution >= 4 is 23.0 Å². The van der Waals surface area contributed by atoms with Gasteiger partial charge in [0.05, 0.1) is 24.8 Å². The van der Waals surface area contributed by atoms with Crippen LogP contribution in [0.1, 0.15) is 42.6 Å². The van der Waals surface area contributed by atoms with Gasteiger partial charge >= 0.3 is 0 Å². The average molecular weight is 420 g/mol. The van der Waals surface area contributed by atoms with E-state index in [1.165, 1.54) is 5.56 Å². The molecule has 162 valence electrons. The molecule has 1 aliphatic heterocycles. The van der Waals surface area contributed by atoms with Gasteiger partial charge in [-0.25, -0.2) is 4.98 Å². The molecule has 3 aromatic rings. The van der Waals surface area contributed by atoms with E-state index in [2.05, 4.69) is 30.1 Å². The van der Waals surface area contributed by atoms with Crippen LogP contribution in [0.2, 0.25) is 0 Å². The standard InChI is InChI=1S/C25H29N3O3/c1-4-31-22-9-6-18(16-23(22)30-3)7-10-24(29)28-13-11-19(12-14-28)25-26-20-8-5-17(2)15-21(20)27-25/h5-10,15-16,19H,4,11-14H2,1-3H3,(H,26,27)/b10-7+. The molecule has 1 N–H and O–H groups in total. The molecule has 1 aromatic heterocycles. The molecule has 0 aliphatic carbocycles. The first kappa shape index (κ1) is 21.0. The number of methoxy groups -OCH3 is 1. The Hall–Kier alpha value is -3.28. The molecule has 6 heteroatoms. The van der Waals surface area contributed by atoms with Crippen molar-refractivity contribution in [1.82, 2.24) is 14.9 Å². The van der Waals surface area contributed by atoms with Crippen molar-refractivity contribution in [3.05, 3.63) is 59.4 Å². The van der Waals surface area contributed by atoms with Gasteiger partial charge in [-0.3, -0.25) is 4.79 Å². The number of aryl methyl sites for hydroxylation is 1. The number of rotatable bonds is 6. The quantitative estimate of drug-likeness (QED) is 0.588. The number of carbonyl (C=O) groups is 1. The van der Waals surface area contributed by atoms with Crippen LogP contribution in [0.3, 0.4) is 0 Å². The van der Waals surface area contributed by atoms with E-state index in [-0.39, 0.29) is 5.91 Å². The highest BCUT2D eigenvalue weighted by molar-refractivity contribution is 5.92. The lowest BCUT2D eigenvalue weighted by Gasteiger charge is -2.30. The number of fused-ring (bicyclic) bond motifs is 1. The van der Waals surface area contributed by atoms with E-state index in [0.717, 1.165) is 48.4 Å². The number of imidazole rings is 1. The molecule has 0 radical (unpaired) electrons. The Balaban J connectivity index is 1.36. The van der Waals surface area contributed by atoms with E-state index in [1.807, 2.05) is 36.1 Å². The van der Waals surface area contributed by atoms with Crippen LogP contribution in [0.25, 0.3) is 17.1 Å². The summed E-state index contributed by atoms with van der Waals surface area (Å²) in [5, 5.41) is 0. The topological polar surface area (TPSA) is 67.5 Å². The second kappa shape index (κ2) is 9.25. The van der Waals surface area contributed by atoms with Gasteiger partial charge in [-0.05, 0) is 68.2 Å². The lowest BCUT2D eigenvalue weighted by atomic mass is 9.96. The summed E-state index contributed by atoms with van der Waals surface area (Å²) < 4.78 is 10.9. The van der Waals surface area contributed by atoms with Crippen molar-refractivity contribution in [3.63, 3.8) is 0 Å². The van der Waals surface area contributed by atoms with Crippen LogP contribution >= 0.6 is 0 Å². The van der Waals surface area contributed by atoms with Gasteiger partial charge in [-0.1, -0.05) is 12.1 Å². The molecule has 4 rings (SSSR count). The van der Waals surface area contributed by atoms with Crippen LogP contribution in [0.4, 0.5) is 0 Å². The van der Waals surface area contributed by atoms with Gasteiger partial charge in [0.25, 0.3) is 0 Å². The van der Waals surface area contributed by atoms with Gasteiger partial charge in [-0.2, -0.15) is 0 Å². The van der Waals surface area contributed by atoms with Crippen LogP contribution in [0, 0.1) is 6.92 Å². The number of hydrogen-bond acceptors (Lipinski definition) is 4. The number of piperidine rings is 1. The predicted octanol–water partition coefficient (Wildman–Crippen LogP) is 4.70. The lowest BCUT2D eigenvalue weighted by molar-refractivity contribution is -0.127. The smallest absolute Gasteiger partial charge is 0.246 e. The second-order valence-corrected chi connectivity index (χ2v) is 7.92. The Bertz CT molecular complexity index is 1090. The van der Waals surface area contributed by atoms with Crippen molar-refractivity contribution < 1.29 is 14.3 Å². The Morgan fingerprint density at radius 1 is 1.19 bits per heavy atom. The number of aromatic nitrogens is 2. The van der Waals surface area contributed by atoms with E-state index in [1.54, 1.807) is 13.2 Å². The highest BCUT2D eigenvalue weighted by Crippen LogP contribution is 2.30. The fourth-order valence-electron chi connectivity index (χ4n) is 4.05. The van der Waals surface area contributed by atoms with Crippen molar-refractivity contribution in [2.75, 3.05) is 26.8 Å². The Kier molecular flexibility index (Phi) is 6.26. The van der Waals surface area contributed by atoms with E-state index in [0.29, 0.717) is 24.0 Å². The number of benzene rings is 2. The van der Waals surface area contributed by atoms with Crippen LogP contribution < -0.4 is 9.47 Å². The van der Waals surface area contributed by atoms with Crippen LogP contribution in [-0.4, -0.2) is 47.6 Å². The minimum absolute atomic E-state index is 0.0338. The van der Waals surface area contributed by atoms with Gasteiger partial charge < -0.3 is 19.4 Å². The highest BCUT2D eigenvalue weighted by atomic mass is 16.5. The summed E-state index contributed by atoms with van der Waals surface area (Å²) in [6.07, 6.45) is 5.29. The lowest BCUT2D eigenvalue weighted by Crippen LogP contribution is -2.37. The fraction of sp³-hybridized carbons (Fsp3) is 0.360. The number of ether oxygens (including phenoxy) is 2. The summed E-state index contributed by atoms with van der Waals surface area (Å²) in [4.78, 5) is 22.8. The normalized spacial score (nSPS) is 15.0. The molecule has 31 heavy (non-hydrogen) atoms. The molecule has 6 nitrogen and oxygen atoms in total. The molecule has 0 unspecified atom stereocenters. The molecular formula is C25H29N3O3. The van der Waals surface area contributed by atoms with Crippen molar-refractivity contribution in [1.29, 1.82) is 0 Å². The maximum atomic E-state index is 12.7. The van der Waals surface area contributed by atoms with Crippen molar-refractivity contribution in [2.45, 2.75) is 32.6 Å². The molecule has 0 atom stereocenters. The maximum Gasteiger partial charge on any atom is 0.246 e. The molecular weight excluding hydrogens is 390 g/mol. The Morgan fingerprint density at radius 3 is 2.74 bits per heavy atom. The number of nitrogens with one attached hydrogen (secondary N) is 1. The predicted molar refractivity (Wildman–Crippen MR) is 123 cm³/mol. The molecule has 1 amide bonds. The first-order valence-corrected chi connectivity index (χ1v) is 10.8. The van der Waals surface area contributed by atoms with E-state index in [4.69, 9.17) is 14.5 Å². The van der Waals surface area contributed by atoms with Gasteiger partial charge in [0.15, 0.2) is 11.5 Å². The zero-order chi connectivity index (χ0) is 21.8. The minimum atomic E-state index is 0.0338. The number of likely N-dealkylation sites (tertiary alicyclic amines) is 1. The highest BCUT2D eigenvalue weighted by Gasteiger charge is 2.24. The Labute approximate surface area is 182 Å². The third-order valence-electron chi connectivity index (χ3n) is 5.75. The number of carbonyl (C=O) groups excluding carboxylic acids is 1.